The summed E-state index contributed by atoms with van der Waals surface area (Å²) in [5, 5.41) is 3.08. The smallest absolute Gasteiger partial charge is 0.338 e. The second-order valence-electron chi connectivity index (χ2n) is 5.36. The number of fused-ring (bicyclic) bond motifs is 1. The number of rotatable bonds is 5. The summed E-state index contributed by atoms with van der Waals surface area (Å²) in [7, 11) is 0. The van der Waals surface area contributed by atoms with Crippen molar-refractivity contribution in [2.75, 3.05) is 23.5 Å². The Morgan fingerprint density at radius 3 is 2.56 bits per heavy atom. The van der Waals surface area contributed by atoms with Crippen LogP contribution in [0.2, 0.25) is 0 Å². The zero-order valence-electron chi connectivity index (χ0n) is 13.4. The van der Waals surface area contributed by atoms with Crippen molar-refractivity contribution in [2.24, 2.45) is 0 Å². The summed E-state index contributed by atoms with van der Waals surface area (Å²) in [4.78, 5) is 37.3. The largest absolute Gasteiger partial charge is 0.462 e. The molecule has 3 rings (SSSR count). The van der Waals surface area contributed by atoms with Gasteiger partial charge in [-0.1, -0.05) is 15.9 Å². The number of benzene rings is 2. The van der Waals surface area contributed by atoms with Crippen molar-refractivity contribution in [2.45, 2.75) is 6.92 Å². The molecule has 2 aromatic carbocycles. The third-order valence-electron chi connectivity index (χ3n) is 3.77. The predicted molar refractivity (Wildman–Crippen MR) is 96.8 cm³/mol. The molecule has 1 N–H and O–H groups in total. The molecule has 0 atom stereocenters. The first-order valence-electron chi connectivity index (χ1n) is 7.68. The van der Waals surface area contributed by atoms with Crippen molar-refractivity contribution in [1.82, 2.24) is 0 Å². The molecule has 0 aliphatic carbocycles. The number of Topliss-reactive ketones (excluding diaryl/α,β-unsaturated/α-hetero) is 1. The predicted octanol–water partition coefficient (Wildman–Crippen LogP) is 3.22. The van der Waals surface area contributed by atoms with Gasteiger partial charge in [-0.2, -0.15) is 0 Å². The summed E-state index contributed by atoms with van der Waals surface area (Å²) in [6.45, 7) is 2.22. The van der Waals surface area contributed by atoms with Crippen LogP contribution in [-0.4, -0.2) is 30.9 Å². The highest BCUT2D eigenvalue weighted by molar-refractivity contribution is 9.10. The van der Waals surface area contributed by atoms with Gasteiger partial charge in [0.2, 0.25) is 0 Å². The summed E-state index contributed by atoms with van der Waals surface area (Å²) < 4.78 is 5.68. The molecule has 1 aliphatic rings. The van der Waals surface area contributed by atoms with Gasteiger partial charge in [0.05, 0.1) is 30.1 Å². The molecule has 1 aliphatic heterocycles. The maximum atomic E-state index is 12.2. The van der Waals surface area contributed by atoms with E-state index in [0.717, 1.165) is 10.2 Å². The van der Waals surface area contributed by atoms with Gasteiger partial charge in [0.15, 0.2) is 0 Å². The van der Waals surface area contributed by atoms with Gasteiger partial charge in [0.1, 0.15) is 0 Å². The molecule has 25 heavy (non-hydrogen) atoms. The van der Waals surface area contributed by atoms with Crippen LogP contribution in [0.25, 0.3) is 0 Å². The Morgan fingerprint density at radius 1 is 1.16 bits per heavy atom. The fourth-order valence-corrected chi connectivity index (χ4v) is 2.90. The van der Waals surface area contributed by atoms with E-state index in [0.29, 0.717) is 23.4 Å². The van der Waals surface area contributed by atoms with Crippen LogP contribution in [0.15, 0.2) is 46.9 Å². The van der Waals surface area contributed by atoms with E-state index in [4.69, 9.17) is 4.74 Å². The lowest BCUT2D eigenvalue weighted by atomic mass is 10.1. The first-order valence-corrected chi connectivity index (χ1v) is 8.47. The van der Waals surface area contributed by atoms with E-state index < -0.39 is 11.7 Å². The molecule has 0 radical (unpaired) electrons. The lowest BCUT2D eigenvalue weighted by molar-refractivity contribution is -0.114. The first kappa shape index (κ1) is 17.2. The first-order chi connectivity index (χ1) is 12.0. The Bertz CT molecular complexity index is 849. The van der Waals surface area contributed by atoms with Crippen molar-refractivity contribution >= 4 is 45.0 Å². The monoisotopic (exact) mass is 402 g/mol. The molecular formula is C18H15BrN2O4. The molecule has 0 aromatic heterocycles. The third kappa shape index (κ3) is 3.41. The maximum Gasteiger partial charge on any atom is 0.338 e. The van der Waals surface area contributed by atoms with Crippen LogP contribution in [0.3, 0.4) is 0 Å². The van der Waals surface area contributed by atoms with Crippen LogP contribution >= 0.6 is 15.9 Å². The SMILES string of the molecule is CCOC(=O)c1ccc(NCN2C(=O)C(=O)c3cc(Br)ccc32)cc1. The molecule has 0 saturated carbocycles. The normalized spacial score (nSPS) is 13.0. The highest BCUT2D eigenvalue weighted by Gasteiger charge is 2.35. The summed E-state index contributed by atoms with van der Waals surface area (Å²) in [6.07, 6.45) is 0. The molecule has 1 heterocycles. The number of carbonyl (C=O) groups is 3. The van der Waals surface area contributed by atoms with Gasteiger partial charge in [-0.05, 0) is 49.4 Å². The Kier molecular flexibility index (Phi) is 4.85. The van der Waals surface area contributed by atoms with Crippen LogP contribution in [0.1, 0.15) is 27.6 Å². The second kappa shape index (κ2) is 7.06. The van der Waals surface area contributed by atoms with Gasteiger partial charge in [-0.25, -0.2) is 4.79 Å². The molecule has 1 amide bonds. The summed E-state index contributed by atoms with van der Waals surface area (Å²) in [5.41, 5.74) is 2.14. The van der Waals surface area contributed by atoms with Crippen LogP contribution < -0.4 is 10.2 Å². The highest BCUT2D eigenvalue weighted by atomic mass is 79.9. The zero-order valence-corrected chi connectivity index (χ0v) is 15.0. The average Bonchev–Trinajstić information content (AvgIpc) is 2.84. The quantitative estimate of drug-likeness (QED) is 0.613. The molecule has 6 nitrogen and oxygen atoms in total. The number of halogens is 1. The Balaban J connectivity index is 1.71. The number of esters is 1. The van der Waals surface area contributed by atoms with Gasteiger partial charge in [0.25, 0.3) is 5.78 Å². The van der Waals surface area contributed by atoms with E-state index in [-0.39, 0.29) is 12.6 Å². The topological polar surface area (TPSA) is 75.7 Å². The zero-order chi connectivity index (χ0) is 18.0. The summed E-state index contributed by atoms with van der Waals surface area (Å²) >= 11 is 3.30. The van der Waals surface area contributed by atoms with Crippen molar-refractivity contribution in [3.8, 4) is 0 Å². The molecule has 0 bridgehead atoms. The number of ether oxygens (including phenoxy) is 1. The van der Waals surface area contributed by atoms with E-state index in [9.17, 15) is 14.4 Å². The van der Waals surface area contributed by atoms with Crippen LogP contribution in [0.4, 0.5) is 11.4 Å². The van der Waals surface area contributed by atoms with E-state index in [1.807, 2.05) is 0 Å². The number of nitrogens with one attached hydrogen (secondary N) is 1. The molecular weight excluding hydrogens is 388 g/mol. The maximum absolute atomic E-state index is 12.2. The van der Waals surface area contributed by atoms with E-state index >= 15 is 0 Å². The molecule has 0 spiro atoms. The lowest BCUT2D eigenvalue weighted by Gasteiger charge is -2.18. The van der Waals surface area contributed by atoms with Crippen molar-refractivity contribution in [1.29, 1.82) is 0 Å². The molecule has 128 valence electrons. The van der Waals surface area contributed by atoms with E-state index in [1.54, 1.807) is 49.4 Å². The van der Waals surface area contributed by atoms with Gasteiger partial charge in [-0.3, -0.25) is 14.5 Å². The van der Waals surface area contributed by atoms with Gasteiger partial charge >= 0.3 is 11.9 Å². The second-order valence-corrected chi connectivity index (χ2v) is 6.27. The molecule has 2 aromatic rings. The van der Waals surface area contributed by atoms with Gasteiger partial charge < -0.3 is 10.1 Å². The van der Waals surface area contributed by atoms with E-state index in [2.05, 4.69) is 21.2 Å². The minimum atomic E-state index is -0.566. The van der Waals surface area contributed by atoms with Gasteiger partial charge in [-0.15, -0.1) is 0 Å². The van der Waals surface area contributed by atoms with Crippen molar-refractivity contribution in [3.63, 3.8) is 0 Å². The van der Waals surface area contributed by atoms with Crippen molar-refractivity contribution < 1.29 is 19.1 Å². The lowest BCUT2D eigenvalue weighted by Crippen LogP contribution is -2.34. The van der Waals surface area contributed by atoms with Gasteiger partial charge in [0, 0.05) is 10.2 Å². The molecule has 0 fully saturated rings. The Morgan fingerprint density at radius 2 is 1.88 bits per heavy atom. The van der Waals surface area contributed by atoms with Crippen molar-refractivity contribution in [3.05, 3.63) is 58.1 Å². The van der Waals surface area contributed by atoms with Crippen LogP contribution in [0.5, 0.6) is 0 Å². The standard InChI is InChI=1S/C18H15BrN2O4/c1-2-25-18(24)11-3-6-13(7-4-11)20-10-21-15-8-5-12(19)9-14(15)16(22)17(21)23/h3-9,20H,2,10H2,1H3. The number of amides is 1. The molecule has 0 saturated heterocycles. The van der Waals surface area contributed by atoms with Crippen LogP contribution in [0, 0.1) is 0 Å². The molecule has 7 heteroatoms. The summed E-state index contributed by atoms with van der Waals surface area (Å²) in [6, 6.07) is 11.9. The number of carbonyl (C=O) groups excluding carboxylic acids is 3. The third-order valence-corrected chi connectivity index (χ3v) is 4.26. The average molecular weight is 403 g/mol. The fourth-order valence-electron chi connectivity index (χ4n) is 2.54. The highest BCUT2D eigenvalue weighted by Crippen LogP contribution is 2.31. The number of hydrogen-bond donors (Lipinski definition) is 1. The Hall–Kier alpha value is -2.67. The number of hydrogen-bond acceptors (Lipinski definition) is 5. The minimum absolute atomic E-state index is 0.151. The number of nitrogens with zero attached hydrogens (tertiary/aromatic N) is 1. The Labute approximate surface area is 152 Å². The molecule has 0 unspecified atom stereocenters. The number of ketones is 1. The van der Waals surface area contributed by atoms with Crippen LogP contribution in [-0.2, 0) is 9.53 Å². The van der Waals surface area contributed by atoms with E-state index in [1.165, 1.54) is 4.90 Å². The fraction of sp³-hybridized carbons (Fsp3) is 0.167. The number of anilines is 2. The summed E-state index contributed by atoms with van der Waals surface area (Å²) in [5.74, 6) is -1.46. The minimum Gasteiger partial charge on any atom is -0.462 e.